The van der Waals surface area contributed by atoms with Crippen molar-refractivity contribution in [2.45, 2.75) is 6.54 Å². The number of nitrogens with zero attached hydrogens (tertiary/aromatic N) is 5. The third kappa shape index (κ3) is 6.54. The van der Waals surface area contributed by atoms with Crippen LogP contribution in [0.15, 0.2) is 91.3 Å². The molecule has 1 fully saturated rings. The minimum atomic E-state index is -0.989. The van der Waals surface area contributed by atoms with Gasteiger partial charge in [0.1, 0.15) is 17.2 Å². The molecule has 1 aliphatic rings. The van der Waals surface area contributed by atoms with E-state index in [4.69, 9.17) is 0 Å². The van der Waals surface area contributed by atoms with E-state index in [1.165, 1.54) is 54.2 Å². The third-order valence-electron chi connectivity index (χ3n) is 8.23. The Morgan fingerprint density at radius 2 is 1.70 bits per heavy atom. The van der Waals surface area contributed by atoms with E-state index < -0.39 is 23.6 Å². The number of hydrogen-bond donors (Lipinski definition) is 1. The van der Waals surface area contributed by atoms with Gasteiger partial charge in [-0.05, 0) is 72.3 Å². The number of piperazine rings is 1. The van der Waals surface area contributed by atoms with Crippen LogP contribution in [0.4, 0.5) is 20.2 Å². The van der Waals surface area contributed by atoms with Gasteiger partial charge in [-0.15, -0.1) is 5.12 Å². The number of rotatable bonds is 8. The number of hydrogen-bond acceptors (Lipinski definition) is 7. The van der Waals surface area contributed by atoms with Gasteiger partial charge < -0.3 is 19.9 Å². The molecule has 3 heterocycles. The number of carbonyl (C=O) groups excluding carboxylic acids is 3. The van der Waals surface area contributed by atoms with Crippen molar-refractivity contribution in [3.8, 4) is 11.1 Å². The zero-order valence-electron chi connectivity index (χ0n) is 25.8. The van der Waals surface area contributed by atoms with Gasteiger partial charge in [0, 0.05) is 50.2 Å². The van der Waals surface area contributed by atoms with Crippen LogP contribution in [0.25, 0.3) is 16.8 Å². The van der Waals surface area contributed by atoms with E-state index in [2.05, 4.69) is 31.9 Å². The molecule has 0 spiro atoms. The van der Waals surface area contributed by atoms with Crippen molar-refractivity contribution in [2.24, 2.45) is 0 Å². The van der Waals surface area contributed by atoms with Crippen molar-refractivity contribution >= 4 is 34.8 Å². The summed E-state index contributed by atoms with van der Waals surface area (Å²) in [6.07, 6.45) is 2.76. The average molecular weight is 639 g/mol. The molecule has 12 heteroatoms. The maximum Gasteiger partial charge on any atom is 0.340 e. The van der Waals surface area contributed by atoms with Gasteiger partial charge in [0.15, 0.2) is 0 Å². The van der Waals surface area contributed by atoms with E-state index in [0.717, 1.165) is 37.4 Å². The largest absolute Gasteiger partial charge is 0.465 e. The molecule has 6 rings (SSSR count). The number of imidazole rings is 1. The van der Waals surface area contributed by atoms with Gasteiger partial charge in [-0.2, -0.15) is 0 Å². The fraction of sp³-hybridized carbons (Fsp3) is 0.200. The summed E-state index contributed by atoms with van der Waals surface area (Å²) in [5.41, 5.74) is 3.23. The Balaban J connectivity index is 1.15. The van der Waals surface area contributed by atoms with E-state index in [1.54, 1.807) is 24.3 Å². The number of nitrogens with one attached hydrogen (secondary N) is 1. The molecule has 10 nitrogen and oxygen atoms in total. The second-order valence-electron chi connectivity index (χ2n) is 11.2. The Kier molecular flexibility index (Phi) is 8.94. The van der Waals surface area contributed by atoms with Crippen LogP contribution in [0.1, 0.15) is 36.8 Å². The number of aromatic nitrogens is 2. The lowest BCUT2D eigenvalue weighted by Crippen LogP contribution is -2.45. The van der Waals surface area contributed by atoms with E-state index in [0.29, 0.717) is 16.8 Å². The SMILES string of the molecule is COC(=O)c1ccc(-c2ccn3c(C(=O)N(F)c4cccc(C(=O)NCc5ccccc5N5CCN(C)CC5)c4)cnc3c2)cc1F. The second-order valence-corrected chi connectivity index (χ2v) is 11.2. The molecule has 0 unspecified atom stereocenters. The number of anilines is 2. The highest BCUT2D eigenvalue weighted by molar-refractivity contribution is 6.05. The lowest BCUT2D eigenvalue weighted by molar-refractivity contribution is 0.0595. The molecule has 0 saturated carbocycles. The number of likely N-dealkylation sites (N-methyl/N-ethyl adjacent to an activating group) is 1. The van der Waals surface area contributed by atoms with E-state index >= 15 is 4.48 Å². The maximum absolute atomic E-state index is 15.5. The Hall–Kier alpha value is -5.62. The van der Waals surface area contributed by atoms with Crippen LogP contribution in [0, 0.1) is 5.82 Å². The van der Waals surface area contributed by atoms with Crippen LogP contribution < -0.4 is 15.3 Å². The first kappa shape index (κ1) is 31.4. The molecule has 1 N–H and O–H groups in total. The Bertz CT molecular complexity index is 1970. The van der Waals surface area contributed by atoms with Crippen LogP contribution in [0.3, 0.4) is 0 Å². The van der Waals surface area contributed by atoms with Gasteiger partial charge in [0.25, 0.3) is 5.91 Å². The number of esters is 1. The van der Waals surface area contributed by atoms with Crippen LogP contribution in [-0.4, -0.2) is 72.4 Å². The molecule has 0 aliphatic carbocycles. The molecular formula is C35H32F2N6O4. The summed E-state index contributed by atoms with van der Waals surface area (Å²) >= 11 is 0. The molecule has 1 aliphatic heterocycles. The number of ether oxygens (including phenoxy) is 1. The number of fused-ring (bicyclic) bond motifs is 1. The van der Waals surface area contributed by atoms with Crippen LogP contribution in [0.2, 0.25) is 0 Å². The normalized spacial score (nSPS) is 13.4. The number of methoxy groups -OCH3 is 1. The fourth-order valence-corrected chi connectivity index (χ4v) is 5.57. The molecule has 0 radical (unpaired) electrons. The predicted octanol–water partition coefficient (Wildman–Crippen LogP) is 5.14. The van der Waals surface area contributed by atoms with Crippen LogP contribution in [0.5, 0.6) is 0 Å². The summed E-state index contributed by atoms with van der Waals surface area (Å²) in [6, 6.07) is 21.0. The van der Waals surface area contributed by atoms with Crippen molar-refractivity contribution < 1.29 is 28.0 Å². The van der Waals surface area contributed by atoms with E-state index in [-0.39, 0.29) is 34.2 Å². The van der Waals surface area contributed by atoms with Gasteiger partial charge >= 0.3 is 11.9 Å². The molecule has 1 saturated heterocycles. The van der Waals surface area contributed by atoms with Crippen molar-refractivity contribution in [3.63, 3.8) is 0 Å². The number of amides is 2. The highest BCUT2D eigenvalue weighted by atomic mass is 19.2. The zero-order chi connectivity index (χ0) is 33.1. The summed E-state index contributed by atoms with van der Waals surface area (Å²) in [4.78, 5) is 46.9. The van der Waals surface area contributed by atoms with Gasteiger partial charge in [-0.3, -0.25) is 14.0 Å². The smallest absolute Gasteiger partial charge is 0.340 e. The summed E-state index contributed by atoms with van der Waals surface area (Å²) in [6.45, 7) is 3.98. The molecule has 5 aromatic rings. The maximum atomic E-state index is 15.5. The number of carbonyl (C=O) groups is 3. The Morgan fingerprint density at radius 1 is 0.936 bits per heavy atom. The molecule has 0 bridgehead atoms. The van der Waals surface area contributed by atoms with E-state index in [9.17, 15) is 18.8 Å². The molecule has 47 heavy (non-hydrogen) atoms. The summed E-state index contributed by atoms with van der Waals surface area (Å²) in [5, 5.41) is 2.89. The number of benzene rings is 3. The fourth-order valence-electron chi connectivity index (χ4n) is 5.57. The lowest BCUT2D eigenvalue weighted by Gasteiger charge is -2.35. The summed E-state index contributed by atoms with van der Waals surface area (Å²) in [5.74, 6) is -2.92. The van der Waals surface area contributed by atoms with Crippen molar-refractivity contribution in [1.29, 1.82) is 0 Å². The quantitative estimate of drug-likeness (QED) is 0.186. The van der Waals surface area contributed by atoms with E-state index in [1.807, 2.05) is 24.3 Å². The highest BCUT2D eigenvalue weighted by Gasteiger charge is 2.23. The minimum Gasteiger partial charge on any atom is -0.465 e. The first-order chi connectivity index (χ1) is 22.7. The molecular weight excluding hydrogens is 606 g/mol. The van der Waals surface area contributed by atoms with Gasteiger partial charge in [-0.25, -0.2) is 14.2 Å². The third-order valence-corrected chi connectivity index (χ3v) is 8.23. The van der Waals surface area contributed by atoms with Gasteiger partial charge in [-0.1, -0.05) is 34.8 Å². The first-order valence-electron chi connectivity index (χ1n) is 15.0. The topological polar surface area (TPSA) is 99.5 Å². The van der Waals surface area contributed by atoms with Gasteiger partial charge in [0.05, 0.1) is 24.6 Å². The number of pyridine rings is 1. The molecule has 0 atom stereocenters. The van der Waals surface area contributed by atoms with Crippen molar-refractivity contribution in [3.05, 3.63) is 119 Å². The highest BCUT2D eigenvalue weighted by Crippen LogP contribution is 2.26. The molecule has 2 aromatic heterocycles. The summed E-state index contributed by atoms with van der Waals surface area (Å²) in [7, 11) is 3.27. The van der Waals surface area contributed by atoms with Crippen molar-refractivity contribution in [1.82, 2.24) is 19.6 Å². The average Bonchev–Trinajstić information content (AvgIpc) is 3.53. The number of halogens is 2. The second kappa shape index (κ2) is 13.4. The standard InChI is InChI=1S/C35H32F2N6O4/c1-40-14-16-41(17-15-40)30-9-4-3-6-26(30)21-39-33(44)25-7-5-8-27(18-25)43(37)34(45)31-22-38-32-20-24(12-13-42(31)32)23-10-11-28(29(36)19-23)35(46)47-2/h3-13,18-20,22H,14-17,21H2,1-2H3,(H,39,44). The first-order valence-corrected chi connectivity index (χ1v) is 15.0. The monoisotopic (exact) mass is 638 g/mol. The lowest BCUT2D eigenvalue weighted by atomic mass is 10.0. The summed E-state index contributed by atoms with van der Waals surface area (Å²) < 4.78 is 36.0. The Labute approximate surface area is 269 Å². The Morgan fingerprint density at radius 3 is 2.47 bits per heavy atom. The molecule has 3 aromatic carbocycles. The van der Waals surface area contributed by atoms with Crippen LogP contribution >= 0.6 is 0 Å². The van der Waals surface area contributed by atoms with Crippen LogP contribution in [-0.2, 0) is 11.3 Å². The van der Waals surface area contributed by atoms with Crippen molar-refractivity contribution in [2.75, 3.05) is 50.4 Å². The molecule has 240 valence electrons. The minimum absolute atomic E-state index is 0.0300. The predicted molar refractivity (Wildman–Crippen MR) is 174 cm³/mol. The molecule has 2 amide bonds. The zero-order valence-corrected chi connectivity index (χ0v) is 25.8. The van der Waals surface area contributed by atoms with Gasteiger partial charge in [0.2, 0.25) is 0 Å². The number of para-hydroxylation sites is 1.